The highest BCUT2D eigenvalue weighted by Gasteiger charge is 2.07. The van der Waals surface area contributed by atoms with Crippen molar-refractivity contribution in [2.45, 2.75) is 20.3 Å². The zero-order chi connectivity index (χ0) is 14.3. The number of carbonyl (C=O) groups is 1. The van der Waals surface area contributed by atoms with E-state index in [-0.39, 0.29) is 5.91 Å². The molecule has 0 unspecified atom stereocenters. The number of amides is 1. The number of nitrogens with one attached hydrogen (secondary N) is 2. The lowest BCUT2D eigenvalue weighted by Gasteiger charge is -2.09. The molecule has 0 saturated carbocycles. The lowest BCUT2D eigenvalue weighted by molar-refractivity contribution is 0.0952. The second-order valence-electron chi connectivity index (χ2n) is 4.82. The van der Waals surface area contributed by atoms with Crippen LogP contribution in [-0.4, -0.2) is 33.4 Å². The quantitative estimate of drug-likeness (QED) is 0.435. The molecular weight excluding hydrogens is 235 g/mol. The summed E-state index contributed by atoms with van der Waals surface area (Å²) in [5.74, 6) is -0.0441. The number of benzene rings is 1. The van der Waals surface area contributed by atoms with E-state index in [2.05, 4.69) is 17.2 Å². The minimum absolute atomic E-state index is 0.0441. The van der Waals surface area contributed by atoms with Crippen LogP contribution in [0, 0.1) is 6.92 Å². The topological polar surface area (TPSA) is 41.1 Å². The van der Waals surface area contributed by atoms with Gasteiger partial charge in [0.1, 0.15) is 7.85 Å². The van der Waals surface area contributed by atoms with Crippen molar-refractivity contribution in [2.24, 2.45) is 0 Å². The van der Waals surface area contributed by atoms with Gasteiger partial charge in [-0.2, -0.15) is 0 Å². The third-order valence-corrected chi connectivity index (χ3v) is 2.74. The summed E-state index contributed by atoms with van der Waals surface area (Å²) in [7, 11) is 5.66. The van der Waals surface area contributed by atoms with Gasteiger partial charge in [-0.3, -0.25) is 4.79 Å². The number of hydrogen-bond acceptors (Lipinski definition) is 2. The summed E-state index contributed by atoms with van der Waals surface area (Å²) in [4.78, 5) is 11.9. The standard InChI is InChI=1S/C15H21BN2O/c1-11(2)10-17-7-4-8-18-15(19)14-6-5-13(16)9-12(14)3/h5-6,9,17H,1,4,7-8,10H2,2-3H3,(H,18,19). The first-order valence-electron chi connectivity index (χ1n) is 6.50. The molecule has 0 bridgehead atoms. The first kappa shape index (κ1) is 15.5. The molecule has 0 heterocycles. The summed E-state index contributed by atoms with van der Waals surface area (Å²) in [6.07, 6.45) is 0.896. The molecule has 0 aliphatic carbocycles. The molecule has 0 spiro atoms. The second-order valence-corrected chi connectivity index (χ2v) is 4.82. The molecule has 1 rings (SSSR count). The minimum Gasteiger partial charge on any atom is -0.352 e. The van der Waals surface area contributed by atoms with E-state index in [0.717, 1.165) is 30.6 Å². The maximum absolute atomic E-state index is 11.9. The van der Waals surface area contributed by atoms with E-state index in [1.807, 2.05) is 19.9 Å². The van der Waals surface area contributed by atoms with E-state index in [1.165, 1.54) is 0 Å². The Morgan fingerprint density at radius 2 is 2.11 bits per heavy atom. The van der Waals surface area contributed by atoms with Gasteiger partial charge in [0.05, 0.1) is 0 Å². The maximum atomic E-state index is 11.9. The van der Waals surface area contributed by atoms with E-state index < -0.39 is 0 Å². The molecule has 2 N–H and O–H groups in total. The van der Waals surface area contributed by atoms with Gasteiger partial charge in [-0.05, 0) is 38.4 Å². The van der Waals surface area contributed by atoms with Gasteiger partial charge >= 0.3 is 0 Å². The van der Waals surface area contributed by atoms with Gasteiger partial charge in [0.2, 0.25) is 0 Å². The Bertz CT molecular complexity index is 457. The van der Waals surface area contributed by atoms with Gasteiger partial charge in [-0.1, -0.05) is 29.7 Å². The van der Waals surface area contributed by atoms with Crippen molar-refractivity contribution in [1.29, 1.82) is 0 Å². The van der Waals surface area contributed by atoms with Crippen molar-refractivity contribution < 1.29 is 4.79 Å². The normalized spacial score (nSPS) is 10.2. The molecule has 1 amide bonds. The summed E-state index contributed by atoms with van der Waals surface area (Å²) in [5.41, 5.74) is 3.38. The van der Waals surface area contributed by atoms with E-state index >= 15 is 0 Å². The summed E-state index contributed by atoms with van der Waals surface area (Å²) in [6.45, 7) is 10.0. The number of hydrogen-bond donors (Lipinski definition) is 2. The smallest absolute Gasteiger partial charge is 0.251 e. The van der Waals surface area contributed by atoms with Crippen LogP contribution in [0.2, 0.25) is 0 Å². The highest BCUT2D eigenvalue weighted by Crippen LogP contribution is 2.04. The summed E-state index contributed by atoms with van der Waals surface area (Å²) in [5, 5.41) is 6.16. The highest BCUT2D eigenvalue weighted by atomic mass is 16.1. The van der Waals surface area contributed by atoms with Crippen LogP contribution in [0.15, 0.2) is 30.4 Å². The monoisotopic (exact) mass is 256 g/mol. The minimum atomic E-state index is -0.0441. The number of aryl methyl sites for hydroxylation is 1. The zero-order valence-corrected chi connectivity index (χ0v) is 11.8. The summed E-state index contributed by atoms with van der Waals surface area (Å²) in [6, 6.07) is 5.32. The van der Waals surface area contributed by atoms with Crippen molar-refractivity contribution in [3.8, 4) is 0 Å². The van der Waals surface area contributed by atoms with Crippen molar-refractivity contribution >= 4 is 19.2 Å². The Hall–Kier alpha value is -1.55. The first-order valence-corrected chi connectivity index (χ1v) is 6.50. The lowest BCUT2D eigenvalue weighted by Crippen LogP contribution is -2.28. The molecule has 0 aromatic heterocycles. The highest BCUT2D eigenvalue weighted by molar-refractivity contribution is 6.32. The molecule has 2 radical (unpaired) electrons. The Morgan fingerprint density at radius 3 is 2.74 bits per heavy atom. The summed E-state index contributed by atoms with van der Waals surface area (Å²) < 4.78 is 0. The fourth-order valence-electron chi connectivity index (χ4n) is 1.75. The van der Waals surface area contributed by atoms with Gasteiger partial charge in [-0.15, -0.1) is 0 Å². The molecule has 3 nitrogen and oxygen atoms in total. The molecule has 19 heavy (non-hydrogen) atoms. The van der Waals surface area contributed by atoms with Crippen LogP contribution in [-0.2, 0) is 0 Å². The van der Waals surface area contributed by atoms with Crippen LogP contribution in [0.1, 0.15) is 29.3 Å². The van der Waals surface area contributed by atoms with Gasteiger partial charge in [-0.25, -0.2) is 0 Å². The van der Waals surface area contributed by atoms with Crippen LogP contribution >= 0.6 is 0 Å². The SMILES string of the molecule is [B]c1ccc(C(=O)NCCCNCC(=C)C)c(C)c1. The van der Waals surface area contributed by atoms with Gasteiger partial charge < -0.3 is 10.6 Å². The predicted octanol–water partition coefficient (Wildman–Crippen LogP) is 1.07. The Kier molecular flexibility index (Phi) is 6.36. The van der Waals surface area contributed by atoms with E-state index in [4.69, 9.17) is 7.85 Å². The predicted molar refractivity (Wildman–Crippen MR) is 81.2 cm³/mol. The molecule has 0 aliphatic rings. The fraction of sp³-hybridized carbons (Fsp3) is 0.400. The van der Waals surface area contributed by atoms with E-state index in [9.17, 15) is 4.79 Å². The van der Waals surface area contributed by atoms with Gasteiger partial charge in [0.15, 0.2) is 0 Å². The molecule has 1 aromatic rings. The lowest BCUT2D eigenvalue weighted by atomic mass is 9.92. The molecule has 4 heteroatoms. The van der Waals surface area contributed by atoms with Crippen molar-refractivity contribution in [1.82, 2.24) is 10.6 Å². The molecular formula is C15H21BN2O. The maximum Gasteiger partial charge on any atom is 0.251 e. The average molecular weight is 256 g/mol. The number of rotatable bonds is 7. The van der Waals surface area contributed by atoms with Crippen molar-refractivity contribution in [3.05, 3.63) is 41.5 Å². The zero-order valence-electron chi connectivity index (χ0n) is 11.8. The molecule has 100 valence electrons. The molecule has 0 fully saturated rings. The third-order valence-electron chi connectivity index (χ3n) is 2.74. The molecule has 1 aromatic carbocycles. The second kappa shape index (κ2) is 7.79. The molecule has 0 atom stereocenters. The fourth-order valence-corrected chi connectivity index (χ4v) is 1.75. The van der Waals surface area contributed by atoms with Gasteiger partial charge in [0, 0.05) is 18.7 Å². The molecule has 0 saturated heterocycles. The number of carbonyl (C=O) groups excluding carboxylic acids is 1. The van der Waals surface area contributed by atoms with E-state index in [0.29, 0.717) is 17.6 Å². The average Bonchev–Trinajstić information content (AvgIpc) is 2.32. The van der Waals surface area contributed by atoms with E-state index in [1.54, 1.807) is 12.1 Å². The first-order chi connectivity index (χ1) is 9.00. The third kappa shape index (κ3) is 5.75. The van der Waals surface area contributed by atoms with Gasteiger partial charge in [0.25, 0.3) is 5.91 Å². The van der Waals surface area contributed by atoms with Crippen LogP contribution in [0.5, 0.6) is 0 Å². The van der Waals surface area contributed by atoms with Crippen LogP contribution in [0.3, 0.4) is 0 Å². The summed E-state index contributed by atoms with van der Waals surface area (Å²) >= 11 is 0. The van der Waals surface area contributed by atoms with Crippen LogP contribution in [0.25, 0.3) is 0 Å². The van der Waals surface area contributed by atoms with Crippen LogP contribution in [0.4, 0.5) is 0 Å². The Balaban J connectivity index is 2.29. The Morgan fingerprint density at radius 1 is 1.37 bits per heavy atom. The van der Waals surface area contributed by atoms with Crippen molar-refractivity contribution in [3.63, 3.8) is 0 Å². The largest absolute Gasteiger partial charge is 0.352 e. The molecule has 0 aliphatic heterocycles. The Labute approximate surface area is 116 Å². The van der Waals surface area contributed by atoms with Crippen molar-refractivity contribution in [2.75, 3.05) is 19.6 Å². The van der Waals surface area contributed by atoms with Crippen LogP contribution < -0.4 is 16.1 Å².